The van der Waals surface area contributed by atoms with Gasteiger partial charge in [0, 0.05) is 19.6 Å². The fourth-order valence-corrected chi connectivity index (χ4v) is 2.11. The largest absolute Gasteiger partial charge is 0.465 e. The Labute approximate surface area is 94.9 Å². The van der Waals surface area contributed by atoms with E-state index in [0.29, 0.717) is 19.6 Å². The van der Waals surface area contributed by atoms with Crippen LogP contribution in [0.2, 0.25) is 0 Å². The van der Waals surface area contributed by atoms with Crippen LogP contribution in [0.15, 0.2) is 24.3 Å². The summed E-state index contributed by atoms with van der Waals surface area (Å²) in [6, 6.07) is 8.21. The van der Waals surface area contributed by atoms with Gasteiger partial charge in [0.25, 0.3) is 0 Å². The van der Waals surface area contributed by atoms with Gasteiger partial charge in [-0.3, -0.25) is 0 Å². The van der Waals surface area contributed by atoms with Gasteiger partial charge in [-0.25, -0.2) is 4.79 Å². The standard InChI is InChI=1S/C12H16N2O2/c1-9-4-2-3-5-10(9)11-8-14(12(15)16)7-6-13-11/h2-5,11,13H,6-8H2,1H3,(H,15,16)/t11-/m1/s1. The van der Waals surface area contributed by atoms with Crippen molar-refractivity contribution < 1.29 is 9.90 Å². The molecular formula is C12H16N2O2. The smallest absolute Gasteiger partial charge is 0.407 e. The number of benzene rings is 1. The number of piperazine rings is 1. The molecule has 0 spiro atoms. The Bertz CT molecular complexity index is 392. The molecule has 1 amide bonds. The second kappa shape index (κ2) is 4.53. The van der Waals surface area contributed by atoms with E-state index in [4.69, 9.17) is 5.11 Å². The monoisotopic (exact) mass is 220 g/mol. The molecule has 4 heteroatoms. The predicted octanol–water partition coefficient (Wildman–Crippen LogP) is 1.62. The summed E-state index contributed by atoms with van der Waals surface area (Å²) in [4.78, 5) is 12.4. The zero-order valence-electron chi connectivity index (χ0n) is 9.31. The van der Waals surface area contributed by atoms with E-state index in [0.717, 1.165) is 0 Å². The number of carboxylic acid groups (broad SMARTS) is 1. The van der Waals surface area contributed by atoms with E-state index in [-0.39, 0.29) is 6.04 Å². The second-order valence-corrected chi connectivity index (χ2v) is 4.09. The summed E-state index contributed by atoms with van der Waals surface area (Å²) >= 11 is 0. The van der Waals surface area contributed by atoms with Crippen molar-refractivity contribution in [2.75, 3.05) is 19.6 Å². The Morgan fingerprint density at radius 2 is 2.25 bits per heavy atom. The first-order valence-corrected chi connectivity index (χ1v) is 5.45. The number of amides is 1. The van der Waals surface area contributed by atoms with Crippen LogP contribution in [0.5, 0.6) is 0 Å². The van der Waals surface area contributed by atoms with Gasteiger partial charge in [0.15, 0.2) is 0 Å². The Morgan fingerprint density at radius 1 is 1.50 bits per heavy atom. The van der Waals surface area contributed by atoms with Crippen LogP contribution >= 0.6 is 0 Å². The number of rotatable bonds is 1. The molecule has 0 aromatic heterocycles. The van der Waals surface area contributed by atoms with Crippen molar-refractivity contribution >= 4 is 6.09 Å². The minimum atomic E-state index is -0.833. The molecule has 0 aliphatic carbocycles. The molecule has 2 rings (SSSR count). The Morgan fingerprint density at radius 3 is 2.94 bits per heavy atom. The van der Waals surface area contributed by atoms with Crippen LogP contribution in [0.3, 0.4) is 0 Å². The predicted molar refractivity (Wildman–Crippen MR) is 61.5 cm³/mol. The van der Waals surface area contributed by atoms with Gasteiger partial charge in [-0.2, -0.15) is 0 Å². The van der Waals surface area contributed by atoms with E-state index in [2.05, 4.69) is 24.4 Å². The number of carbonyl (C=O) groups is 1. The van der Waals surface area contributed by atoms with Crippen LogP contribution in [-0.4, -0.2) is 35.7 Å². The second-order valence-electron chi connectivity index (χ2n) is 4.09. The van der Waals surface area contributed by atoms with Crippen molar-refractivity contribution in [1.82, 2.24) is 10.2 Å². The zero-order valence-corrected chi connectivity index (χ0v) is 9.31. The van der Waals surface area contributed by atoms with E-state index in [9.17, 15) is 4.79 Å². The van der Waals surface area contributed by atoms with Gasteiger partial charge >= 0.3 is 6.09 Å². The average molecular weight is 220 g/mol. The van der Waals surface area contributed by atoms with Crippen LogP contribution in [0, 0.1) is 6.92 Å². The Kier molecular flexibility index (Phi) is 3.10. The van der Waals surface area contributed by atoms with E-state index in [1.54, 1.807) is 0 Å². The third-order valence-electron chi connectivity index (χ3n) is 3.01. The lowest BCUT2D eigenvalue weighted by Gasteiger charge is -2.32. The third-order valence-corrected chi connectivity index (χ3v) is 3.01. The molecule has 1 aliphatic heterocycles. The van der Waals surface area contributed by atoms with Crippen LogP contribution in [0.25, 0.3) is 0 Å². The number of nitrogens with one attached hydrogen (secondary N) is 1. The molecule has 1 atom stereocenters. The fourth-order valence-electron chi connectivity index (χ4n) is 2.11. The number of hydrogen-bond acceptors (Lipinski definition) is 2. The highest BCUT2D eigenvalue weighted by Crippen LogP contribution is 2.20. The van der Waals surface area contributed by atoms with Gasteiger partial charge in [-0.15, -0.1) is 0 Å². The first-order valence-electron chi connectivity index (χ1n) is 5.45. The maximum atomic E-state index is 10.9. The van der Waals surface area contributed by atoms with Gasteiger partial charge in [-0.05, 0) is 18.1 Å². The van der Waals surface area contributed by atoms with Crippen molar-refractivity contribution in [1.29, 1.82) is 0 Å². The molecule has 0 unspecified atom stereocenters. The Balaban J connectivity index is 2.16. The number of hydrogen-bond donors (Lipinski definition) is 2. The molecule has 4 nitrogen and oxygen atoms in total. The van der Waals surface area contributed by atoms with E-state index in [1.807, 2.05) is 12.1 Å². The molecule has 1 heterocycles. The molecule has 1 aromatic carbocycles. The molecule has 0 saturated carbocycles. The summed E-state index contributed by atoms with van der Waals surface area (Å²) in [6.07, 6.45) is -0.833. The van der Waals surface area contributed by atoms with Gasteiger partial charge < -0.3 is 15.3 Å². The normalized spacial score (nSPS) is 20.8. The highest BCUT2D eigenvalue weighted by molar-refractivity contribution is 5.65. The summed E-state index contributed by atoms with van der Waals surface area (Å²) in [7, 11) is 0. The lowest BCUT2D eigenvalue weighted by Crippen LogP contribution is -2.47. The van der Waals surface area contributed by atoms with Crippen molar-refractivity contribution in [3.05, 3.63) is 35.4 Å². The summed E-state index contributed by atoms with van der Waals surface area (Å²) in [5.74, 6) is 0. The zero-order chi connectivity index (χ0) is 11.5. The maximum Gasteiger partial charge on any atom is 0.407 e. The molecule has 1 saturated heterocycles. The molecular weight excluding hydrogens is 204 g/mol. The Hall–Kier alpha value is -1.55. The van der Waals surface area contributed by atoms with E-state index in [1.165, 1.54) is 16.0 Å². The van der Waals surface area contributed by atoms with Crippen LogP contribution < -0.4 is 5.32 Å². The van der Waals surface area contributed by atoms with Crippen molar-refractivity contribution in [2.45, 2.75) is 13.0 Å². The van der Waals surface area contributed by atoms with Crippen molar-refractivity contribution in [2.24, 2.45) is 0 Å². The van der Waals surface area contributed by atoms with E-state index < -0.39 is 6.09 Å². The van der Waals surface area contributed by atoms with Crippen LogP contribution in [-0.2, 0) is 0 Å². The highest BCUT2D eigenvalue weighted by atomic mass is 16.4. The van der Waals surface area contributed by atoms with Crippen molar-refractivity contribution in [3.63, 3.8) is 0 Å². The summed E-state index contributed by atoms with van der Waals surface area (Å²) in [6.45, 7) is 3.86. The molecule has 2 N–H and O–H groups in total. The van der Waals surface area contributed by atoms with Crippen LogP contribution in [0.1, 0.15) is 17.2 Å². The molecule has 0 bridgehead atoms. The molecule has 1 fully saturated rings. The molecule has 16 heavy (non-hydrogen) atoms. The topological polar surface area (TPSA) is 52.6 Å². The maximum absolute atomic E-state index is 10.9. The lowest BCUT2D eigenvalue weighted by molar-refractivity contribution is 0.129. The third kappa shape index (κ3) is 2.17. The minimum absolute atomic E-state index is 0.117. The molecule has 86 valence electrons. The van der Waals surface area contributed by atoms with Gasteiger partial charge in [0.1, 0.15) is 0 Å². The number of nitrogens with zero attached hydrogens (tertiary/aromatic N) is 1. The summed E-state index contributed by atoms with van der Waals surface area (Å²) in [5, 5.41) is 12.3. The lowest BCUT2D eigenvalue weighted by atomic mass is 10.00. The van der Waals surface area contributed by atoms with E-state index >= 15 is 0 Å². The average Bonchev–Trinajstić information content (AvgIpc) is 2.30. The van der Waals surface area contributed by atoms with Crippen molar-refractivity contribution in [3.8, 4) is 0 Å². The van der Waals surface area contributed by atoms with Crippen LogP contribution in [0.4, 0.5) is 4.79 Å². The first kappa shape index (κ1) is 11.0. The molecule has 1 aromatic rings. The van der Waals surface area contributed by atoms with Gasteiger partial charge in [0.05, 0.1) is 6.04 Å². The molecule has 1 aliphatic rings. The van der Waals surface area contributed by atoms with Gasteiger partial charge in [0.2, 0.25) is 0 Å². The minimum Gasteiger partial charge on any atom is -0.465 e. The fraction of sp³-hybridized carbons (Fsp3) is 0.417. The summed E-state index contributed by atoms with van der Waals surface area (Å²) in [5.41, 5.74) is 2.39. The first-order chi connectivity index (χ1) is 7.68. The van der Waals surface area contributed by atoms with Gasteiger partial charge in [-0.1, -0.05) is 24.3 Å². The molecule has 0 radical (unpaired) electrons. The number of aryl methyl sites for hydroxylation is 1. The quantitative estimate of drug-likeness (QED) is 0.756. The highest BCUT2D eigenvalue weighted by Gasteiger charge is 2.24. The summed E-state index contributed by atoms with van der Waals surface area (Å²) < 4.78 is 0. The SMILES string of the molecule is Cc1ccccc1[C@H]1CN(C(=O)O)CCN1.